The highest BCUT2D eigenvalue weighted by Crippen LogP contribution is 2.35. The monoisotopic (exact) mass is 267 g/mol. The van der Waals surface area contributed by atoms with Crippen LogP contribution >= 0.6 is 0 Å². The maximum atomic E-state index is 10.8. The molecule has 0 aliphatic heterocycles. The lowest BCUT2D eigenvalue weighted by Crippen LogP contribution is -2.34. The molecule has 0 unspecified atom stereocenters. The Morgan fingerprint density at radius 3 is 2.89 bits per heavy atom. The summed E-state index contributed by atoms with van der Waals surface area (Å²) in [6.45, 7) is 2.56. The highest BCUT2D eigenvalue weighted by molar-refractivity contribution is 5.87. The Hall–Kier alpha value is -1.47. The van der Waals surface area contributed by atoms with Crippen LogP contribution in [0.1, 0.15) is 35.8 Å². The summed E-state index contributed by atoms with van der Waals surface area (Å²) >= 11 is 0. The van der Waals surface area contributed by atoms with E-state index in [0.29, 0.717) is 12.4 Å². The van der Waals surface area contributed by atoms with E-state index in [4.69, 9.17) is 10.3 Å². The molecule has 0 bridgehead atoms. The van der Waals surface area contributed by atoms with Crippen LogP contribution in [0.5, 0.6) is 0 Å². The van der Waals surface area contributed by atoms with Gasteiger partial charge in [0.2, 0.25) is 0 Å². The first-order valence-electron chi connectivity index (χ1n) is 6.66. The third-order valence-electron chi connectivity index (χ3n) is 3.53. The Balaban J connectivity index is 1.58. The molecular formula is C12H21N5O2. The summed E-state index contributed by atoms with van der Waals surface area (Å²) in [5.41, 5.74) is 5.03. The molecule has 1 amide bonds. The number of hydrogen-bond donors (Lipinski definition) is 3. The highest BCUT2D eigenvalue weighted by Gasteiger charge is 2.27. The molecular weight excluding hydrogens is 246 g/mol. The second kappa shape index (κ2) is 6.63. The minimum atomic E-state index is -0.690. The van der Waals surface area contributed by atoms with Gasteiger partial charge < -0.3 is 20.9 Å². The quantitative estimate of drug-likeness (QED) is 0.607. The standard InChI is InChI=1S/C12H21N5O2/c1-14-3-2-8-4-9(5-8)6-15-7-10-16-12(11(13)18)19-17-10/h8-9,14-15H,2-7H2,1H3,(H2,13,18). The van der Waals surface area contributed by atoms with Crippen molar-refractivity contribution in [2.75, 3.05) is 20.1 Å². The van der Waals surface area contributed by atoms with Crippen molar-refractivity contribution in [1.29, 1.82) is 0 Å². The molecule has 7 nitrogen and oxygen atoms in total. The van der Waals surface area contributed by atoms with Crippen LogP contribution < -0.4 is 16.4 Å². The summed E-state index contributed by atoms with van der Waals surface area (Å²) < 4.78 is 4.70. The molecule has 1 heterocycles. The average Bonchev–Trinajstić information content (AvgIpc) is 2.79. The molecule has 1 saturated carbocycles. The van der Waals surface area contributed by atoms with Gasteiger partial charge in [-0.05, 0) is 51.2 Å². The highest BCUT2D eigenvalue weighted by atomic mass is 16.5. The van der Waals surface area contributed by atoms with Gasteiger partial charge in [0.1, 0.15) is 0 Å². The van der Waals surface area contributed by atoms with Crippen LogP contribution in [0.15, 0.2) is 4.52 Å². The molecule has 0 aromatic carbocycles. The van der Waals surface area contributed by atoms with Gasteiger partial charge in [0, 0.05) is 0 Å². The van der Waals surface area contributed by atoms with Crippen LogP contribution in [0.2, 0.25) is 0 Å². The first kappa shape index (κ1) is 14.0. The fourth-order valence-corrected chi connectivity index (χ4v) is 2.44. The van der Waals surface area contributed by atoms with Gasteiger partial charge >= 0.3 is 11.8 Å². The van der Waals surface area contributed by atoms with E-state index >= 15 is 0 Å². The molecule has 7 heteroatoms. The summed E-state index contributed by atoms with van der Waals surface area (Å²) in [6.07, 6.45) is 3.83. The molecule has 0 radical (unpaired) electrons. The number of primary amides is 1. The van der Waals surface area contributed by atoms with Gasteiger partial charge in [-0.3, -0.25) is 4.79 Å². The van der Waals surface area contributed by atoms with Crippen LogP contribution in [0.4, 0.5) is 0 Å². The largest absolute Gasteiger partial charge is 0.361 e. The lowest BCUT2D eigenvalue weighted by atomic mass is 9.73. The first-order chi connectivity index (χ1) is 9.19. The average molecular weight is 267 g/mol. The Morgan fingerprint density at radius 2 is 2.26 bits per heavy atom. The number of nitrogens with zero attached hydrogens (tertiary/aromatic N) is 2. The number of amides is 1. The van der Waals surface area contributed by atoms with E-state index in [9.17, 15) is 4.79 Å². The molecule has 1 aromatic rings. The number of nitrogens with one attached hydrogen (secondary N) is 2. The zero-order chi connectivity index (χ0) is 13.7. The molecule has 0 spiro atoms. The lowest BCUT2D eigenvalue weighted by Gasteiger charge is -2.35. The molecule has 1 fully saturated rings. The summed E-state index contributed by atoms with van der Waals surface area (Å²) in [5.74, 6) is 1.26. The van der Waals surface area contributed by atoms with E-state index in [1.807, 2.05) is 7.05 Å². The Labute approximate surface area is 112 Å². The second-order valence-corrected chi connectivity index (χ2v) is 5.11. The zero-order valence-corrected chi connectivity index (χ0v) is 11.2. The normalized spacial score (nSPS) is 22.2. The van der Waals surface area contributed by atoms with Gasteiger partial charge in [-0.2, -0.15) is 4.98 Å². The number of hydrogen-bond acceptors (Lipinski definition) is 6. The maximum Gasteiger partial charge on any atom is 0.315 e. The van der Waals surface area contributed by atoms with Gasteiger partial charge in [0.15, 0.2) is 5.82 Å². The smallest absolute Gasteiger partial charge is 0.315 e. The minimum Gasteiger partial charge on any atom is -0.361 e. The fraction of sp³-hybridized carbons (Fsp3) is 0.750. The Bertz CT molecular complexity index is 414. The molecule has 2 rings (SSSR count). The minimum absolute atomic E-state index is 0.132. The molecule has 19 heavy (non-hydrogen) atoms. The predicted octanol–water partition coefficient (Wildman–Crippen LogP) is -0.106. The molecule has 0 saturated heterocycles. The van der Waals surface area contributed by atoms with Crippen LogP contribution in [0.25, 0.3) is 0 Å². The van der Waals surface area contributed by atoms with E-state index < -0.39 is 5.91 Å². The number of aromatic nitrogens is 2. The van der Waals surface area contributed by atoms with Crippen LogP contribution in [0.3, 0.4) is 0 Å². The number of carbonyl (C=O) groups excluding carboxylic acids is 1. The van der Waals surface area contributed by atoms with Gasteiger partial charge in [-0.25, -0.2) is 0 Å². The first-order valence-corrected chi connectivity index (χ1v) is 6.66. The van der Waals surface area contributed by atoms with E-state index in [0.717, 1.165) is 24.9 Å². The predicted molar refractivity (Wildman–Crippen MR) is 69.3 cm³/mol. The van der Waals surface area contributed by atoms with Crippen molar-refractivity contribution < 1.29 is 9.32 Å². The number of carbonyl (C=O) groups is 1. The molecule has 4 N–H and O–H groups in total. The SMILES string of the molecule is CNCCC1CC(CNCc2noc(C(N)=O)n2)C1. The van der Waals surface area contributed by atoms with E-state index in [2.05, 4.69) is 20.8 Å². The van der Waals surface area contributed by atoms with Crippen molar-refractivity contribution in [2.45, 2.75) is 25.8 Å². The van der Waals surface area contributed by atoms with Crippen LogP contribution in [-0.2, 0) is 6.54 Å². The van der Waals surface area contributed by atoms with Crippen LogP contribution in [-0.4, -0.2) is 36.2 Å². The zero-order valence-electron chi connectivity index (χ0n) is 11.2. The van der Waals surface area contributed by atoms with Crippen molar-refractivity contribution in [3.05, 3.63) is 11.7 Å². The topological polar surface area (TPSA) is 106 Å². The van der Waals surface area contributed by atoms with Gasteiger partial charge in [0.05, 0.1) is 6.54 Å². The molecule has 1 aromatic heterocycles. The van der Waals surface area contributed by atoms with Crippen molar-refractivity contribution in [3.63, 3.8) is 0 Å². The summed E-state index contributed by atoms with van der Waals surface area (Å²) in [5, 5.41) is 10.1. The summed E-state index contributed by atoms with van der Waals surface area (Å²) in [4.78, 5) is 14.7. The van der Waals surface area contributed by atoms with Crippen molar-refractivity contribution in [1.82, 2.24) is 20.8 Å². The molecule has 1 aliphatic carbocycles. The lowest BCUT2D eigenvalue weighted by molar-refractivity contribution is 0.0958. The van der Waals surface area contributed by atoms with Gasteiger partial charge in [0.25, 0.3) is 0 Å². The molecule has 0 atom stereocenters. The van der Waals surface area contributed by atoms with E-state index in [-0.39, 0.29) is 5.89 Å². The third-order valence-corrected chi connectivity index (χ3v) is 3.53. The van der Waals surface area contributed by atoms with Crippen LogP contribution in [0, 0.1) is 11.8 Å². The van der Waals surface area contributed by atoms with E-state index in [1.54, 1.807) is 0 Å². The molecule has 106 valence electrons. The Morgan fingerprint density at radius 1 is 1.47 bits per heavy atom. The molecule has 1 aliphatic rings. The summed E-state index contributed by atoms with van der Waals surface area (Å²) in [6, 6.07) is 0. The fourth-order valence-electron chi connectivity index (χ4n) is 2.44. The van der Waals surface area contributed by atoms with Crippen molar-refractivity contribution in [3.8, 4) is 0 Å². The van der Waals surface area contributed by atoms with Gasteiger partial charge in [-0.15, -0.1) is 0 Å². The Kier molecular flexibility index (Phi) is 4.86. The van der Waals surface area contributed by atoms with Gasteiger partial charge in [-0.1, -0.05) is 5.16 Å². The maximum absolute atomic E-state index is 10.8. The van der Waals surface area contributed by atoms with Crippen molar-refractivity contribution in [2.24, 2.45) is 17.6 Å². The van der Waals surface area contributed by atoms with Crippen molar-refractivity contribution >= 4 is 5.91 Å². The second-order valence-electron chi connectivity index (χ2n) is 5.11. The number of nitrogens with two attached hydrogens (primary N) is 1. The summed E-state index contributed by atoms with van der Waals surface area (Å²) in [7, 11) is 1.99. The van der Waals surface area contributed by atoms with E-state index in [1.165, 1.54) is 19.3 Å². The third kappa shape index (κ3) is 4.00. The number of rotatable bonds is 8.